The molecule has 1 aliphatic rings. The summed E-state index contributed by atoms with van der Waals surface area (Å²) in [6, 6.07) is 10.5. The first kappa shape index (κ1) is 11.6. The normalized spacial score (nSPS) is 20.9. The van der Waals surface area contributed by atoms with Gasteiger partial charge in [-0.3, -0.25) is 0 Å². The van der Waals surface area contributed by atoms with Crippen LogP contribution in [-0.2, 0) is 15.9 Å². The molecule has 0 aliphatic carbocycles. The number of nitrogens with one attached hydrogen (secondary N) is 1. The third-order valence-electron chi connectivity index (χ3n) is 2.78. The molecule has 1 aromatic carbocycles. The summed E-state index contributed by atoms with van der Waals surface area (Å²) in [5, 5.41) is 3.42. The Labute approximate surface area is 96.8 Å². The first-order valence-corrected chi connectivity index (χ1v) is 5.89. The van der Waals surface area contributed by atoms with Gasteiger partial charge in [-0.2, -0.15) is 0 Å². The van der Waals surface area contributed by atoms with Gasteiger partial charge in [0.15, 0.2) is 0 Å². The van der Waals surface area contributed by atoms with Crippen LogP contribution in [0.3, 0.4) is 0 Å². The molecule has 0 aromatic heterocycles. The van der Waals surface area contributed by atoms with E-state index in [9.17, 15) is 0 Å². The van der Waals surface area contributed by atoms with E-state index in [4.69, 9.17) is 9.47 Å². The van der Waals surface area contributed by atoms with E-state index in [-0.39, 0.29) is 0 Å². The summed E-state index contributed by atoms with van der Waals surface area (Å²) < 4.78 is 10.6. The highest BCUT2D eigenvalue weighted by atomic mass is 16.7. The fraction of sp³-hybridized carbons (Fsp3) is 0.538. The van der Waals surface area contributed by atoms with Gasteiger partial charge in [-0.25, -0.2) is 0 Å². The highest BCUT2D eigenvalue weighted by Gasteiger charge is 2.12. The molecule has 0 saturated carbocycles. The van der Waals surface area contributed by atoms with Crippen LogP contribution in [0.2, 0.25) is 0 Å². The summed E-state index contributed by atoms with van der Waals surface area (Å²) in [7, 11) is 0. The summed E-state index contributed by atoms with van der Waals surface area (Å²) in [6.45, 7) is 3.21. The Kier molecular flexibility index (Phi) is 4.80. The van der Waals surface area contributed by atoms with Gasteiger partial charge < -0.3 is 14.8 Å². The number of hydrogen-bond donors (Lipinski definition) is 1. The van der Waals surface area contributed by atoms with Crippen LogP contribution in [0.15, 0.2) is 30.3 Å². The van der Waals surface area contributed by atoms with E-state index in [1.807, 2.05) is 6.07 Å². The Morgan fingerprint density at radius 3 is 2.88 bits per heavy atom. The maximum absolute atomic E-state index is 5.45. The zero-order valence-electron chi connectivity index (χ0n) is 9.52. The fourth-order valence-electron chi connectivity index (χ4n) is 1.80. The summed E-state index contributed by atoms with van der Waals surface area (Å²) in [4.78, 5) is 0. The maximum Gasteiger partial charge on any atom is 0.147 e. The molecule has 0 amide bonds. The van der Waals surface area contributed by atoms with Gasteiger partial charge in [0.2, 0.25) is 0 Å². The zero-order valence-corrected chi connectivity index (χ0v) is 9.52. The van der Waals surface area contributed by atoms with Crippen molar-refractivity contribution in [1.29, 1.82) is 0 Å². The number of hydrogen-bond acceptors (Lipinski definition) is 3. The first-order valence-electron chi connectivity index (χ1n) is 5.89. The second-order valence-corrected chi connectivity index (χ2v) is 4.04. The summed E-state index contributed by atoms with van der Waals surface area (Å²) in [5.74, 6) is 0. The largest absolute Gasteiger partial charge is 0.355 e. The van der Waals surface area contributed by atoms with E-state index < -0.39 is 0 Å². The van der Waals surface area contributed by atoms with Gasteiger partial charge in [0.1, 0.15) is 6.79 Å². The molecule has 0 radical (unpaired) electrons. The lowest BCUT2D eigenvalue weighted by molar-refractivity contribution is -0.137. The Balaban J connectivity index is 1.58. The SMILES string of the molecule is c1ccc(CCNCC2CCOCO2)cc1. The molecule has 1 N–H and O–H groups in total. The van der Waals surface area contributed by atoms with Crippen LogP contribution >= 0.6 is 0 Å². The number of rotatable bonds is 5. The van der Waals surface area contributed by atoms with E-state index in [0.717, 1.165) is 32.5 Å². The van der Waals surface area contributed by atoms with Crippen molar-refractivity contribution in [2.75, 3.05) is 26.5 Å². The number of benzene rings is 1. The van der Waals surface area contributed by atoms with Gasteiger partial charge >= 0.3 is 0 Å². The van der Waals surface area contributed by atoms with E-state index in [1.165, 1.54) is 5.56 Å². The molecule has 1 aliphatic heterocycles. The first-order chi connectivity index (χ1) is 7.95. The second kappa shape index (κ2) is 6.63. The molecular formula is C13H19NO2. The zero-order chi connectivity index (χ0) is 11.1. The molecule has 2 rings (SSSR count). The second-order valence-electron chi connectivity index (χ2n) is 4.04. The quantitative estimate of drug-likeness (QED) is 0.766. The average Bonchev–Trinajstić information content (AvgIpc) is 2.37. The van der Waals surface area contributed by atoms with Crippen molar-refractivity contribution in [2.45, 2.75) is 18.9 Å². The minimum Gasteiger partial charge on any atom is -0.355 e. The van der Waals surface area contributed by atoms with Crippen LogP contribution in [0.1, 0.15) is 12.0 Å². The minimum atomic E-state index is 0.324. The predicted molar refractivity (Wildman–Crippen MR) is 63.3 cm³/mol. The van der Waals surface area contributed by atoms with Crippen LogP contribution in [-0.4, -0.2) is 32.6 Å². The smallest absolute Gasteiger partial charge is 0.147 e. The molecule has 1 atom stereocenters. The molecule has 3 nitrogen and oxygen atoms in total. The summed E-state index contributed by atoms with van der Waals surface area (Å²) in [6.07, 6.45) is 2.40. The Morgan fingerprint density at radius 2 is 2.12 bits per heavy atom. The predicted octanol–water partition coefficient (Wildman–Crippen LogP) is 1.58. The standard InChI is InChI=1S/C13H19NO2/c1-2-4-12(5-3-1)6-8-14-10-13-7-9-15-11-16-13/h1-5,13-14H,6-11H2. The van der Waals surface area contributed by atoms with Gasteiger partial charge in [0, 0.05) is 6.54 Å². The molecule has 0 spiro atoms. The monoisotopic (exact) mass is 221 g/mol. The van der Waals surface area contributed by atoms with E-state index in [0.29, 0.717) is 12.9 Å². The van der Waals surface area contributed by atoms with Gasteiger partial charge in [-0.15, -0.1) is 0 Å². The average molecular weight is 221 g/mol. The van der Waals surface area contributed by atoms with Crippen molar-refractivity contribution >= 4 is 0 Å². The fourth-order valence-corrected chi connectivity index (χ4v) is 1.80. The third-order valence-corrected chi connectivity index (χ3v) is 2.78. The number of ether oxygens (including phenoxy) is 2. The molecule has 1 saturated heterocycles. The van der Waals surface area contributed by atoms with Crippen molar-refractivity contribution in [2.24, 2.45) is 0 Å². The topological polar surface area (TPSA) is 30.5 Å². The van der Waals surface area contributed by atoms with Crippen molar-refractivity contribution in [3.05, 3.63) is 35.9 Å². The molecule has 1 fully saturated rings. The van der Waals surface area contributed by atoms with Crippen molar-refractivity contribution in [3.8, 4) is 0 Å². The lowest BCUT2D eigenvalue weighted by Gasteiger charge is -2.22. The van der Waals surface area contributed by atoms with Crippen LogP contribution in [0.5, 0.6) is 0 Å². The molecule has 16 heavy (non-hydrogen) atoms. The van der Waals surface area contributed by atoms with E-state index >= 15 is 0 Å². The molecule has 0 bridgehead atoms. The van der Waals surface area contributed by atoms with Crippen molar-refractivity contribution in [1.82, 2.24) is 5.32 Å². The van der Waals surface area contributed by atoms with Crippen LogP contribution in [0.25, 0.3) is 0 Å². The molecule has 1 aromatic rings. The van der Waals surface area contributed by atoms with Gasteiger partial charge in [-0.05, 0) is 24.9 Å². The van der Waals surface area contributed by atoms with Crippen LogP contribution in [0, 0.1) is 0 Å². The van der Waals surface area contributed by atoms with Crippen molar-refractivity contribution in [3.63, 3.8) is 0 Å². The minimum absolute atomic E-state index is 0.324. The highest BCUT2D eigenvalue weighted by molar-refractivity contribution is 5.14. The molecule has 88 valence electrons. The Morgan fingerprint density at radius 1 is 1.25 bits per heavy atom. The molecule has 1 heterocycles. The highest BCUT2D eigenvalue weighted by Crippen LogP contribution is 2.04. The maximum atomic E-state index is 5.45. The Hall–Kier alpha value is -0.900. The third kappa shape index (κ3) is 3.93. The summed E-state index contributed by atoms with van der Waals surface area (Å²) in [5.41, 5.74) is 1.38. The van der Waals surface area contributed by atoms with E-state index in [1.54, 1.807) is 0 Å². The van der Waals surface area contributed by atoms with Crippen LogP contribution < -0.4 is 5.32 Å². The van der Waals surface area contributed by atoms with Gasteiger partial charge in [0.25, 0.3) is 0 Å². The lowest BCUT2D eigenvalue weighted by atomic mass is 10.1. The molecule has 3 heteroatoms. The molecule has 1 unspecified atom stereocenters. The van der Waals surface area contributed by atoms with E-state index in [2.05, 4.69) is 29.6 Å². The van der Waals surface area contributed by atoms with Crippen molar-refractivity contribution < 1.29 is 9.47 Å². The van der Waals surface area contributed by atoms with Crippen LogP contribution in [0.4, 0.5) is 0 Å². The van der Waals surface area contributed by atoms with Gasteiger partial charge in [0.05, 0.1) is 12.7 Å². The van der Waals surface area contributed by atoms with Gasteiger partial charge in [-0.1, -0.05) is 30.3 Å². The lowest BCUT2D eigenvalue weighted by Crippen LogP contribution is -2.34. The Bertz CT molecular complexity index is 283. The summed E-state index contributed by atoms with van der Waals surface area (Å²) >= 11 is 0. The molecular weight excluding hydrogens is 202 g/mol.